The van der Waals surface area contributed by atoms with Crippen molar-refractivity contribution in [1.29, 1.82) is 0 Å². The van der Waals surface area contributed by atoms with E-state index in [1.165, 1.54) is 12.1 Å². The van der Waals surface area contributed by atoms with Gasteiger partial charge in [0, 0.05) is 13.0 Å². The maximum absolute atomic E-state index is 12.9. The highest BCUT2D eigenvalue weighted by Crippen LogP contribution is 2.02. The molecule has 0 aliphatic rings. The monoisotopic (exact) mass is 253 g/mol. The third kappa shape index (κ3) is 6.35. The van der Waals surface area contributed by atoms with Crippen molar-refractivity contribution in [3.8, 4) is 0 Å². The van der Waals surface area contributed by atoms with Crippen LogP contribution in [0.1, 0.15) is 31.7 Å². The number of hydrogen-bond acceptors (Lipinski definition) is 3. The molecule has 4 heteroatoms. The Kier molecular flexibility index (Phi) is 7.03. The highest BCUT2D eigenvalue weighted by molar-refractivity contribution is 5.69. The Morgan fingerprint density at radius 1 is 1.44 bits per heavy atom. The molecular weight excluding hydrogens is 233 g/mol. The Morgan fingerprint density at radius 3 is 3.00 bits per heavy atom. The van der Waals surface area contributed by atoms with Gasteiger partial charge in [-0.3, -0.25) is 4.79 Å². The molecule has 0 saturated heterocycles. The van der Waals surface area contributed by atoms with Gasteiger partial charge in [0.1, 0.15) is 5.82 Å². The topological polar surface area (TPSA) is 38.3 Å². The summed E-state index contributed by atoms with van der Waals surface area (Å²) in [5.74, 6) is -0.356. The van der Waals surface area contributed by atoms with Gasteiger partial charge in [0.2, 0.25) is 0 Å². The molecule has 0 bridgehead atoms. The molecule has 0 unspecified atom stereocenters. The van der Waals surface area contributed by atoms with Gasteiger partial charge in [-0.05, 0) is 37.1 Å². The molecule has 0 atom stereocenters. The number of halogens is 1. The van der Waals surface area contributed by atoms with Crippen molar-refractivity contribution in [1.82, 2.24) is 5.32 Å². The van der Waals surface area contributed by atoms with Gasteiger partial charge in [-0.2, -0.15) is 0 Å². The predicted octanol–water partition coefficient (Wildman–Crippen LogP) is 2.65. The minimum absolute atomic E-state index is 0.136. The number of hydrogen-bond donors (Lipinski definition) is 1. The fourth-order valence-corrected chi connectivity index (χ4v) is 1.54. The predicted molar refractivity (Wildman–Crippen MR) is 68.6 cm³/mol. The molecule has 1 aromatic carbocycles. The number of ether oxygens (including phenoxy) is 1. The zero-order valence-electron chi connectivity index (χ0n) is 10.7. The molecule has 0 amide bonds. The fraction of sp³-hybridized carbons (Fsp3) is 0.500. The molecule has 0 heterocycles. The molecule has 18 heavy (non-hydrogen) atoms. The largest absolute Gasteiger partial charge is 0.466 e. The van der Waals surface area contributed by atoms with Gasteiger partial charge in [0.15, 0.2) is 0 Å². The first kappa shape index (κ1) is 14.6. The molecule has 0 fully saturated rings. The van der Waals surface area contributed by atoms with Crippen molar-refractivity contribution < 1.29 is 13.9 Å². The lowest BCUT2D eigenvalue weighted by Gasteiger charge is -2.06. The molecule has 1 N–H and O–H groups in total. The first-order valence-electron chi connectivity index (χ1n) is 6.33. The van der Waals surface area contributed by atoms with E-state index >= 15 is 0 Å². The summed E-state index contributed by atoms with van der Waals surface area (Å²) in [6.45, 7) is 3.76. The van der Waals surface area contributed by atoms with Crippen LogP contribution in [-0.2, 0) is 16.1 Å². The average molecular weight is 253 g/mol. The van der Waals surface area contributed by atoms with Gasteiger partial charge in [-0.25, -0.2) is 4.39 Å². The van der Waals surface area contributed by atoms with Crippen LogP contribution in [-0.4, -0.2) is 19.1 Å². The van der Waals surface area contributed by atoms with E-state index in [9.17, 15) is 9.18 Å². The Balaban J connectivity index is 2.04. The molecule has 0 aromatic heterocycles. The SMILES string of the molecule is CCCC(=O)OCCCNCc1cccc(F)c1. The van der Waals surface area contributed by atoms with Crippen molar-refractivity contribution in [2.75, 3.05) is 13.2 Å². The van der Waals surface area contributed by atoms with E-state index in [1.54, 1.807) is 6.07 Å². The lowest BCUT2D eigenvalue weighted by atomic mass is 10.2. The second kappa shape index (κ2) is 8.64. The zero-order valence-corrected chi connectivity index (χ0v) is 10.7. The number of nitrogens with one attached hydrogen (secondary N) is 1. The third-order valence-electron chi connectivity index (χ3n) is 2.43. The average Bonchev–Trinajstić information content (AvgIpc) is 2.34. The molecule has 0 saturated carbocycles. The van der Waals surface area contributed by atoms with Gasteiger partial charge in [0.05, 0.1) is 6.61 Å². The highest BCUT2D eigenvalue weighted by Gasteiger charge is 1.99. The number of benzene rings is 1. The van der Waals surface area contributed by atoms with Crippen LogP contribution < -0.4 is 5.32 Å². The summed E-state index contributed by atoms with van der Waals surface area (Å²) in [4.78, 5) is 11.1. The normalized spacial score (nSPS) is 10.3. The number of carbonyl (C=O) groups excluding carboxylic acids is 1. The number of rotatable bonds is 8. The molecule has 0 spiro atoms. The van der Waals surface area contributed by atoms with E-state index in [0.29, 0.717) is 19.6 Å². The van der Waals surface area contributed by atoms with E-state index in [-0.39, 0.29) is 11.8 Å². The summed E-state index contributed by atoms with van der Waals surface area (Å²) >= 11 is 0. The highest BCUT2D eigenvalue weighted by atomic mass is 19.1. The van der Waals surface area contributed by atoms with Crippen LogP contribution in [0.15, 0.2) is 24.3 Å². The maximum atomic E-state index is 12.9. The van der Waals surface area contributed by atoms with Crippen LogP contribution in [0.3, 0.4) is 0 Å². The minimum atomic E-state index is -0.220. The Morgan fingerprint density at radius 2 is 2.28 bits per heavy atom. The molecule has 0 radical (unpaired) electrons. The quantitative estimate of drug-likeness (QED) is 0.572. The van der Waals surface area contributed by atoms with Crippen LogP contribution in [0.2, 0.25) is 0 Å². The van der Waals surface area contributed by atoms with E-state index < -0.39 is 0 Å². The lowest BCUT2D eigenvalue weighted by molar-refractivity contribution is -0.143. The van der Waals surface area contributed by atoms with Gasteiger partial charge < -0.3 is 10.1 Å². The van der Waals surface area contributed by atoms with Crippen LogP contribution in [0.25, 0.3) is 0 Å². The smallest absolute Gasteiger partial charge is 0.305 e. The summed E-state index contributed by atoms with van der Waals surface area (Å²) in [7, 11) is 0. The van der Waals surface area contributed by atoms with Crippen LogP contribution in [0, 0.1) is 5.82 Å². The summed E-state index contributed by atoms with van der Waals surface area (Å²) in [5, 5.41) is 3.18. The van der Waals surface area contributed by atoms with Crippen LogP contribution in [0.4, 0.5) is 4.39 Å². The molecule has 3 nitrogen and oxygen atoms in total. The van der Waals surface area contributed by atoms with Gasteiger partial charge in [-0.1, -0.05) is 19.1 Å². The second-order valence-corrected chi connectivity index (χ2v) is 4.13. The van der Waals surface area contributed by atoms with Crippen LogP contribution in [0.5, 0.6) is 0 Å². The lowest BCUT2D eigenvalue weighted by Crippen LogP contribution is -2.17. The summed E-state index contributed by atoms with van der Waals surface area (Å²) in [6, 6.07) is 6.50. The first-order valence-corrected chi connectivity index (χ1v) is 6.33. The standard InChI is InChI=1S/C14H20FNO2/c1-2-5-14(17)18-9-4-8-16-11-12-6-3-7-13(15)10-12/h3,6-7,10,16H,2,4-5,8-9,11H2,1H3. The molecule has 1 rings (SSSR count). The van der Waals surface area contributed by atoms with Crippen molar-refractivity contribution >= 4 is 5.97 Å². The van der Waals surface area contributed by atoms with E-state index in [2.05, 4.69) is 5.32 Å². The molecule has 0 aliphatic heterocycles. The number of carbonyl (C=O) groups is 1. The van der Waals surface area contributed by atoms with E-state index in [4.69, 9.17) is 4.74 Å². The minimum Gasteiger partial charge on any atom is -0.466 e. The second-order valence-electron chi connectivity index (χ2n) is 4.13. The van der Waals surface area contributed by atoms with Crippen molar-refractivity contribution in [3.63, 3.8) is 0 Å². The molecule has 1 aromatic rings. The van der Waals surface area contributed by atoms with Gasteiger partial charge in [0.25, 0.3) is 0 Å². The molecular formula is C14H20FNO2. The van der Waals surface area contributed by atoms with Gasteiger partial charge in [-0.15, -0.1) is 0 Å². The van der Waals surface area contributed by atoms with Crippen molar-refractivity contribution in [2.45, 2.75) is 32.7 Å². The fourth-order valence-electron chi connectivity index (χ4n) is 1.54. The van der Waals surface area contributed by atoms with Crippen molar-refractivity contribution in [2.24, 2.45) is 0 Å². The van der Waals surface area contributed by atoms with Crippen LogP contribution >= 0.6 is 0 Å². The first-order chi connectivity index (χ1) is 8.72. The van der Waals surface area contributed by atoms with Crippen molar-refractivity contribution in [3.05, 3.63) is 35.6 Å². The summed E-state index contributed by atoms with van der Waals surface area (Å²) in [6.07, 6.45) is 2.07. The number of esters is 1. The van der Waals surface area contributed by atoms with Gasteiger partial charge >= 0.3 is 5.97 Å². The molecule has 100 valence electrons. The van der Waals surface area contributed by atoms with E-state index in [1.807, 2.05) is 13.0 Å². The zero-order chi connectivity index (χ0) is 13.2. The maximum Gasteiger partial charge on any atom is 0.305 e. The van der Waals surface area contributed by atoms with E-state index in [0.717, 1.165) is 24.9 Å². The summed E-state index contributed by atoms with van der Waals surface area (Å²) < 4.78 is 17.9. The Labute approximate surface area is 107 Å². The molecule has 0 aliphatic carbocycles. The summed E-state index contributed by atoms with van der Waals surface area (Å²) in [5.41, 5.74) is 0.915. The third-order valence-corrected chi connectivity index (χ3v) is 2.43. The Bertz CT molecular complexity index is 369. The Hall–Kier alpha value is -1.42.